The molecule has 12 heavy (non-hydrogen) atoms. The summed E-state index contributed by atoms with van der Waals surface area (Å²) in [4.78, 5) is 0. The molecular weight excluding hydrogens is 160 g/mol. The first-order valence-electron chi connectivity index (χ1n) is 3.72. The first-order chi connectivity index (χ1) is 5.65. The van der Waals surface area contributed by atoms with Gasteiger partial charge < -0.3 is 5.73 Å². The summed E-state index contributed by atoms with van der Waals surface area (Å²) in [7, 11) is 0. The lowest BCUT2D eigenvalue weighted by Gasteiger charge is -2.10. The molecule has 0 radical (unpaired) electrons. The monoisotopic (exact) mass is 171 g/mol. The summed E-state index contributed by atoms with van der Waals surface area (Å²) in [6.45, 7) is 1.12. The van der Waals surface area contributed by atoms with Crippen molar-refractivity contribution in [1.29, 1.82) is 0 Å². The first kappa shape index (κ1) is 9.13. The molecule has 0 aliphatic rings. The van der Waals surface area contributed by atoms with Gasteiger partial charge in [-0.05, 0) is 30.2 Å². The molecule has 0 saturated heterocycles. The van der Waals surface area contributed by atoms with Crippen molar-refractivity contribution in [3.05, 3.63) is 35.1 Å². The third kappa shape index (κ3) is 1.80. The lowest BCUT2D eigenvalue weighted by molar-refractivity contribution is 0.435. The molecule has 1 aromatic rings. The van der Waals surface area contributed by atoms with Crippen molar-refractivity contribution >= 4 is 0 Å². The predicted molar refractivity (Wildman–Crippen MR) is 44.0 cm³/mol. The minimum absolute atomic E-state index is 0.375. The smallest absolute Gasteiger partial charge is 0.123 e. The van der Waals surface area contributed by atoms with Gasteiger partial charge in [-0.25, -0.2) is 8.78 Å². The van der Waals surface area contributed by atoms with E-state index in [-0.39, 0.29) is 5.82 Å². The second-order valence-electron chi connectivity index (χ2n) is 2.76. The Bertz CT molecular complexity index is 273. The maximum absolute atomic E-state index is 12.7. The SMILES string of the molecule is Cc1ccc(F)cc1[C@H](N)CF. The molecule has 2 N–H and O–H groups in total. The fourth-order valence-corrected chi connectivity index (χ4v) is 1.09. The molecular formula is C9H11F2N. The van der Waals surface area contributed by atoms with E-state index in [1.54, 1.807) is 13.0 Å². The van der Waals surface area contributed by atoms with Crippen LogP contribution in [0.15, 0.2) is 18.2 Å². The van der Waals surface area contributed by atoms with Gasteiger partial charge in [0.1, 0.15) is 12.5 Å². The average Bonchev–Trinajstić information content (AvgIpc) is 2.08. The van der Waals surface area contributed by atoms with E-state index in [1.165, 1.54) is 12.1 Å². The summed E-state index contributed by atoms with van der Waals surface area (Å²) in [5.41, 5.74) is 6.78. The minimum atomic E-state index is -0.708. The topological polar surface area (TPSA) is 26.0 Å². The fourth-order valence-electron chi connectivity index (χ4n) is 1.09. The summed E-state index contributed by atoms with van der Waals surface area (Å²) < 4.78 is 24.8. The van der Waals surface area contributed by atoms with Gasteiger partial charge in [-0.3, -0.25) is 0 Å². The summed E-state index contributed by atoms with van der Waals surface area (Å²) in [6.07, 6.45) is 0. The Balaban J connectivity index is 3.04. The van der Waals surface area contributed by atoms with Gasteiger partial charge in [0.05, 0.1) is 6.04 Å². The number of hydrogen-bond acceptors (Lipinski definition) is 1. The van der Waals surface area contributed by atoms with Gasteiger partial charge in [0, 0.05) is 0 Å². The van der Waals surface area contributed by atoms with E-state index in [0.717, 1.165) is 5.56 Å². The van der Waals surface area contributed by atoms with Gasteiger partial charge in [0.15, 0.2) is 0 Å². The Morgan fingerprint density at radius 2 is 2.17 bits per heavy atom. The summed E-state index contributed by atoms with van der Waals surface area (Å²) in [5.74, 6) is -0.375. The molecule has 0 aromatic heterocycles. The Labute approximate surface area is 70.2 Å². The molecule has 0 aliphatic carbocycles. The summed E-state index contributed by atoms with van der Waals surface area (Å²) >= 11 is 0. The van der Waals surface area contributed by atoms with Crippen LogP contribution in [0.25, 0.3) is 0 Å². The molecule has 1 nitrogen and oxygen atoms in total. The highest BCUT2D eigenvalue weighted by atomic mass is 19.1. The maximum atomic E-state index is 12.7. The number of rotatable bonds is 2. The Hall–Kier alpha value is -0.960. The molecule has 3 heteroatoms. The van der Waals surface area contributed by atoms with Crippen LogP contribution in [0.5, 0.6) is 0 Å². The standard InChI is InChI=1S/C9H11F2N/c1-6-2-3-7(11)4-8(6)9(12)5-10/h2-4,9H,5,12H2,1H3/t9-/m1/s1. The summed E-state index contributed by atoms with van der Waals surface area (Å²) in [5, 5.41) is 0. The van der Waals surface area contributed by atoms with Crippen LogP contribution in [-0.2, 0) is 0 Å². The van der Waals surface area contributed by atoms with Crippen LogP contribution in [-0.4, -0.2) is 6.67 Å². The highest BCUT2D eigenvalue weighted by Gasteiger charge is 2.08. The van der Waals surface area contributed by atoms with Gasteiger partial charge in [-0.1, -0.05) is 6.07 Å². The van der Waals surface area contributed by atoms with E-state index in [2.05, 4.69) is 0 Å². The molecule has 0 saturated carbocycles. The second-order valence-corrected chi connectivity index (χ2v) is 2.76. The first-order valence-corrected chi connectivity index (χ1v) is 3.72. The van der Waals surface area contributed by atoms with E-state index in [4.69, 9.17) is 5.73 Å². The van der Waals surface area contributed by atoms with Gasteiger partial charge in [-0.2, -0.15) is 0 Å². The number of alkyl halides is 1. The number of aryl methyl sites for hydroxylation is 1. The Morgan fingerprint density at radius 3 is 2.75 bits per heavy atom. The number of halogens is 2. The van der Waals surface area contributed by atoms with Crippen molar-refractivity contribution in [2.75, 3.05) is 6.67 Å². The van der Waals surface area contributed by atoms with Gasteiger partial charge in [0.2, 0.25) is 0 Å². The lowest BCUT2D eigenvalue weighted by atomic mass is 10.0. The van der Waals surface area contributed by atoms with E-state index in [0.29, 0.717) is 5.56 Å². The van der Waals surface area contributed by atoms with Gasteiger partial charge in [0.25, 0.3) is 0 Å². The highest BCUT2D eigenvalue weighted by Crippen LogP contribution is 2.17. The minimum Gasteiger partial charge on any atom is -0.322 e. The van der Waals surface area contributed by atoms with E-state index in [1.807, 2.05) is 0 Å². The van der Waals surface area contributed by atoms with Crippen LogP contribution in [0.1, 0.15) is 17.2 Å². The zero-order valence-corrected chi connectivity index (χ0v) is 6.85. The quantitative estimate of drug-likeness (QED) is 0.724. The molecule has 66 valence electrons. The Kier molecular flexibility index (Phi) is 2.76. The molecule has 0 aliphatic heterocycles. The molecule has 1 atom stereocenters. The zero-order valence-electron chi connectivity index (χ0n) is 6.85. The Morgan fingerprint density at radius 1 is 1.50 bits per heavy atom. The molecule has 0 amide bonds. The van der Waals surface area contributed by atoms with E-state index in [9.17, 15) is 8.78 Å². The maximum Gasteiger partial charge on any atom is 0.123 e. The van der Waals surface area contributed by atoms with E-state index >= 15 is 0 Å². The van der Waals surface area contributed by atoms with Crippen molar-refractivity contribution in [3.8, 4) is 0 Å². The van der Waals surface area contributed by atoms with Crippen molar-refractivity contribution in [2.45, 2.75) is 13.0 Å². The lowest BCUT2D eigenvalue weighted by Crippen LogP contribution is -2.13. The fraction of sp³-hybridized carbons (Fsp3) is 0.333. The largest absolute Gasteiger partial charge is 0.322 e. The molecule has 0 unspecified atom stereocenters. The third-order valence-electron chi connectivity index (χ3n) is 1.81. The molecule has 1 aromatic carbocycles. The van der Waals surface area contributed by atoms with Crippen LogP contribution >= 0.6 is 0 Å². The van der Waals surface area contributed by atoms with Gasteiger partial charge in [-0.15, -0.1) is 0 Å². The van der Waals surface area contributed by atoms with Crippen LogP contribution in [0.2, 0.25) is 0 Å². The van der Waals surface area contributed by atoms with Crippen LogP contribution in [0.4, 0.5) is 8.78 Å². The van der Waals surface area contributed by atoms with E-state index < -0.39 is 12.7 Å². The van der Waals surface area contributed by atoms with Crippen LogP contribution in [0.3, 0.4) is 0 Å². The van der Waals surface area contributed by atoms with Crippen LogP contribution in [0, 0.1) is 12.7 Å². The molecule has 0 heterocycles. The summed E-state index contributed by atoms with van der Waals surface area (Å²) in [6, 6.07) is 3.50. The molecule has 0 spiro atoms. The predicted octanol–water partition coefficient (Wildman–Crippen LogP) is 2.10. The average molecular weight is 171 g/mol. The number of benzene rings is 1. The number of hydrogen-bond donors (Lipinski definition) is 1. The third-order valence-corrected chi connectivity index (χ3v) is 1.81. The van der Waals surface area contributed by atoms with Gasteiger partial charge >= 0.3 is 0 Å². The molecule has 0 fully saturated rings. The molecule has 0 bridgehead atoms. The zero-order chi connectivity index (χ0) is 9.14. The van der Waals surface area contributed by atoms with Crippen molar-refractivity contribution in [1.82, 2.24) is 0 Å². The molecule has 1 rings (SSSR count). The van der Waals surface area contributed by atoms with Crippen molar-refractivity contribution < 1.29 is 8.78 Å². The normalized spacial score (nSPS) is 13.0. The second kappa shape index (κ2) is 3.63. The van der Waals surface area contributed by atoms with Crippen molar-refractivity contribution in [2.24, 2.45) is 5.73 Å². The van der Waals surface area contributed by atoms with Crippen LogP contribution < -0.4 is 5.73 Å². The number of nitrogens with two attached hydrogens (primary N) is 1. The highest BCUT2D eigenvalue weighted by molar-refractivity contribution is 5.29. The van der Waals surface area contributed by atoms with Crippen molar-refractivity contribution in [3.63, 3.8) is 0 Å².